The molecule has 0 aliphatic rings. The van der Waals surface area contributed by atoms with Crippen LogP contribution in [0.3, 0.4) is 0 Å². The van der Waals surface area contributed by atoms with Crippen LogP contribution in [0, 0.1) is 14.9 Å². The quantitative estimate of drug-likeness (QED) is 0.695. The second-order valence-electron chi connectivity index (χ2n) is 4.12. The summed E-state index contributed by atoms with van der Waals surface area (Å²) >= 11 is 5.58. The minimum absolute atomic E-state index is 0.0364. The first kappa shape index (κ1) is 15.4. The first-order valence-corrected chi connectivity index (χ1v) is 7.47. The van der Waals surface area contributed by atoms with Crippen LogP contribution in [-0.4, -0.2) is 23.4 Å². The molecule has 3 nitrogen and oxygen atoms in total. The van der Waals surface area contributed by atoms with Gasteiger partial charge in [0, 0.05) is 20.6 Å². The number of hydrogen-bond donors (Lipinski definition) is 0. The molecule has 18 heavy (non-hydrogen) atoms. The Labute approximate surface area is 129 Å². The third-order valence-electron chi connectivity index (χ3n) is 2.51. The van der Waals surface area contributed by atoms with E-state index in [1.54, 1.807) is 4.90 Å². The Balaban J connectivity index is 3.02. The third-order valence-corrected chi connectivity index (χ3v) is 3.87. The van der Waals surface area contributed by atoms with Crippen molar-refractivity contribution in [2.45, 2.75) is 26.3 Å². The fourth-order valence-corrected chi connectivity index (χ4v) is 2.49. The normalized spacial score (nSPS) is 10.2. The number of hydrogen-bond acceptors (Lipinski definition) is 2. The van der Waals surface area contributed by atoms with E-state index in [4.69, 9.17) is 5.26 Å². The average molecular weight is 421 g/mol. The van der Waals surface area contributed by atoms with Crippen LogP contribution in [-0.2, 0) is 0 Å². The summed E-state index contributed by atoms with van der Waals surface area (Å²) in [5.41, 5.74) is 0.647. The fraction of sp³-hybridized carbons (Fsp3) is 0.385. The van der Waals surface area contributed by atoms with Gasteiger partial charge in [-0.05, 0) is 70.6 Å². The monoisotopic (exact) mass is 420 g/mol. The lowest BCUT2D eigenvalue weighted by atomic mass is 10.1. The number of benzene rings is 1. The molecule has 0 saturated carbocycles. The summed E-state index contributed by atoms with van der Waals surface area (Å²) in [4.78, 5) is 14.2. The number of carbonyl (C=O) groups is 1. The Morgan fingerprint density at radius 3 is 2.78 bits per heavy atom. The Bertz CT molecular complexity index is 482. The molecule has 5 heteroatoms. The van der Waals surface area contributed by atoms with Crippen LogP contribution in [0.15, 0.2) is 22.7 Å². The van der Waals surface area contributed by atoms with Crippen molar-refractivity contribution >= 4 is 44.4 Å². The summed E-state index contributed by atoms with van der Waals surface area (Å²) in [7, 11) is 0. The van der Waals surface area contributed by atoms with E-state index >= 15 is 0 Å². The molecule has 0 aliphatic heterocycles. The van der Waals surface area contributed by atoms with Crippen LogP contribution in [0.4, 0.5) is 0 Å². The zero-order chi connectivity index (χ0) is 13.7. The first-order chi connectivity index (χ1) is 8.47. The van der Waals surface area contributed by atoms with Crippen molar-refractivity contribution in [3.63, 3.8) is 0 Å². The lowest BCUT2D eigenvalue weighted by Gasteiger charge is -2.26. The molecule has 0 unspecified atom stereocenters. The van der Waals surface area contributed by atoms with Crippen molar-refractivity contribution < 1.29 is 4.79 Å². The van der Waals surface area contributed by atoms with Gasteiger partial charge in [0.25, 0.3) is 5.91 Å². The minimum Gasteiger partial charge on any atom is -0.335 e. The lowest BCUT2D eigenvalue weighted by molar-refractivity contribution is 0.0709. The maximum Gasteiger partial charge on any atom is 0.255 e. The van der Waals surface area contributed by atoms with Crippen LogP contribution in [0.1, 0.15) is 30.6 Å². The van der Waals surface area contributed by atoms with Gasteiger partial charge in [-0.15, -0.1) is 0 Å². The van der Waals surface area contributed by atoms with Gasteiger partial charge in [0.2, 0.25) is 0 Å². The second-order valence-corrected chi connectivity index (χ2v) is 6.22. The molecular weight excluding hydrogens is 407 g/mol. The van der Waals surface area contributed by atoms with Gasteiger partial charge in [-0.3, -0.25) is 4.79 Å². The molecule has 0 heterocycles. The number of nitriles is 1. The molecule has 0 fully saturated rings. The Morgan fingerprint density at radius 2 is 2.22 bits per heavy atom. The van der Waals surface area contributed by atoms with Crippen molar-refractivity contribution in [2.24, 2.45) is 0 Å². The molecule has 96 valence electrons. The van der Waals surface area contributed by atoms with Crippen LogP contribution in [0.5, 0.6) is 0 Å². The highest BCUT2D eigenvalue weighted by Crippen LogP contribution is 2.22. The summed E-state index contributed by atoms with van der Waals surface area (Å²) in [5, 5.41) is 8.65. The van der Waals surface area contributed by atoms with E-state index in [-0.39, 0.29) is 11.9 Å². The van der Waals surface area contributed by atoms with Crippen molar-refractivity contribution in [1.82, 2.24) is 4.90 Å². The molecule has 0 N–H and O–H groups in total. The molecule has 0 spiro atoms. The van der Waals surface area contributed by atoms with E-state index in [1.807, 2.05) is 32.0 Å². The van der Waals surface area contributed by atoms with Gasteiger partial charge < -0.3 is 4.90 Å². The highest BCUT2D eigenvalue weighted by Gasteiger charge is 2.20. The average Bonchev–Trinajstić information content (AvgIpc) is 2.32. The molecule has 0 saturated heterocycles. The Morgan fingerprint density at radius 1 is 1.56 bits per heavy atom. The minimum atomic E-state index is -0.0364. The summed E-state index contributed by atoms with van der Waals surface area (Å²) in [6.45, 7) is 4.37. The molecule has 0 bridgehead atoms. The van der Waals surface area contributed by atoms with Crippen LogP contribution in [0.2, 0.25) is 0 Å². The SMILES string of the molecule is CC(C)N(CCC#N)C(=O)c1cc(I)ccc1Br. The third kappa shape index (κ3) is 3.95. The predicted molar refractivity (Wildman–Crippen MR) is 83.3 cm³/mol. The highest BCUT2D eigenvalue weighted by atomic mass is 127. The van der Waals surface area contributed by atoms with Crippen molar-refractivity contribution in [3.05, 3.63) is 31.8 Å². The summed E-state index contributed by atoms with van der Waals surface area (Å²) in [6.07, 6.45) is 0.353. The van der Waals surface area contributed by atoms with Gasteiger partial charge in [0.1, 0.15) is 0 Å². The lowest BCUT2D eigenvalue weighted by Crippen LogP contribution is -2.37. The maximum atomic E-state index is 12.4. The predicted octanol–water partition coefficient (Wildman–Crippen LogP) is 3.82. The number of rotatable bonds is 4. The summed E-state index contributed by atoms with van der Waals surface area (Å²) in [5.74, 6) is -0.0364. The van der Waals surface area contributed by atoms with Crippen LogP contribution in [0.25, 0.3) is 0 Å². The Hall–Kier alpha value is -0.610. The number of carbonyl (C=O) groups excluding carboxylic acids is 1. The second kappa shape index (κ2) is 7.10. The van der Waals surface area contributed by atoms with Crippen LogP contribution < -0.4 is 0 Å². The van der Waals surface area contributed by atoms with E-state index < -0.39 is 0 Å². The zero-order valence-corrected chi connectivity index (χ0v) is 14.0. The molecule has 0 radical (unpaired) electrons. The molecule has 0 aliphatic carbocycles. The first-order valence-electron chi connectivity index (χ1n) is 5.60. The van der Waals surface area contributed by atoms with Gasteiger partial charge in [0.05, 0.1) is 18.1 Å². The summed E-state index contributed by atoms with van der Waals surface area (Å²) in [6, 6.07) is 7.83. The van der Waals surface area contributed by atoms with E-state index in [0.717, 1.165) is 8.04 Å². The van der Waals surface area contributed by atoms with Crippen molar-refractivity contribution in [3.8, 4) is 6.07 Å². The molecule has 1 aromatic rings. The number of halogens is 2. The fourth-order valence-electron chi connectivity index (χ4n) is 1.58. The van der Waals surface area contributed by atoms with Crippen LogP contribution >= 0.6 is 38.5 Å². The van der Waals surface area contributed by atoms with Gasteiger partial charge in [-0.25, -0.2) is 0 Å². The highest BCUT2D eigenvalue weighted by molar-refractivity contribution is 14.1. The molecule has 1 aromatic carbocycles. The van der Waals surface area contributed by atoms with E-state index in [0.29, 0.717) is 18.5 Å². The van der Waals surface area contributed by atoms with Crippen molar-refractivity contribution in [2.75, 3.05) is 6.54 Å². The standard InChI is InChI=1S/C13H14BrIN2O/c1-9(2)17(7-3-6-16)13(18)11-8-10(15)4-5-12(11)14/h4-5,8-9H,3,7H2,1-2H3. The van der Waals surface area contributed by atoms with E-state index in [2.05, 4.69) is 44.6 Å². The smallest absolute Gasteiger partial charge is 0.255 e. The van der Waals surface area contributed by atoms with Gasteiger partial charge in [-0.2, -0.15) is 5.26 Å². The molecule has 1 rings (SSSR count). The van der Waals surface area contributed by atoms with Gasteiger partial charge in [0.15, 0.2) is 0 Å². The number of nitrogens with zero attached hydrogens (tertiary/aromatic N) is 2. The maximum absolute atomic E-state index is 12.4. The van der Waals surface area contributed by atoms with E-state index in [1.165, 1.54) is 0 Å². The molecular formula is C13H14BrIN2O. The summed E-state index contributed by atoms with van der Waals surface area (Å²) < 4.78 is 1.80. The molecule has 0 aromatic heterocycles. The van der Waals surface area contributed by atoms with Gasteiger partial charge >= 0.3 is 0 Å². The van der Waals surface area contributed by atoms with E-state index in [9.17, 15) is 4.79 Å². The van der Waals surface area contributed by atoms with Gasteiger partial charge in [-0.1, -0.05) is 0 Å². The molecule has 0 atom stereocenters. The van der Waals surface area contributed by atoms with Crippen molar-refractivity contribution in [1.29, 1.82) is 5.26 Å². The topological polar surface area (TPSA) is 44.1 Å². The zero-order valence-electron chi connectivity index (χ0n) is 10.3. The molecule has 1 amide bonds. The largest absolute Gasteiger partial charge is 0.335 e. The Kier molecular flexibility index (Phi) is 6.09. The number of amides is 1.